The molecule has 0 atom stereocenters. The van der Waals surface area contributed by atoms with Gasteiger partial charge in [-0.3, -0.25) is 38.3 Å². The first-order valence-corrected chi connectivity index (χ1v) is 14.8. The van der Waals surface area contributed by atoms with Crippen molar-refractivity contribution < 1.29 is 19.2 Å². The highest BCUT2D eigenvalue weighted by Gasteiger charge is 2.35. The van der Waals surface area contributed by atoms with E-state index in [4.69, 9.17) is 0 Å². The minimum absolute atomic E-state index is 0.255. The van der Waals surface area contributed by atoms with Gasteiger partial charge in [-0.05, 0) is 34.4 Å². The maximum Gasteiger partial charge on any atom is 0.288 e. The van der Waals surface area contributed by atoms with E-state index >= 15 is 0 Å². The van der Waals surface area contributed by atoms with Gasteiger partial charge in [-0.15, -0.1) is 0 Å². The van der Waals surface area contributed by atoms with E-state index in [2.05, 4.69) is 10.2 Å². The van der Waals surface area contributed by atoms with Crippen LogP contribution in [0.5, 0.6) is 0 Å². The molecule has 0 radical (unpaired) electrons. The summed E-state index contributed by atoms with van der Waals surface area (Å²) in [6, 6.07) is 0. The lowest BCUT2D eigenvalue weighted by Crippen LogP contribution is -2.32. The van der Waals surface area contributed by atoms with Crippen LogP contribution in [-0.2, 0) is 26.9 Å². The van der Waals surface area contributed by atoms with Crippen LogP contribution in [-0.4, -0.2) is 76.2 Å². The standard InChI is InChI=1S/C20H24N6O4S4/c1-5-11-15(13(23(3)21-11)17(27)25-7-9-31-19(25)29)33-34-16-12(6-2)22-24(4)14(16)18(28)26-8-10-32-20(26)30/h5-10H2,1-4H3. The second-order valence-electron chi connectivity index (χ2n) is 7.51. The summed E-state index contributed by atoms with van der Waals surface area (Å²) in [6.07, 6.45) is 1.21. The van der Waals surface area contributed by atoms with E-state index in [1.54, 1.807) is 14.1 Å². The quantitative estimate of drug-likeness (QED) is 0.482. The maximum absolute atomic E-state index is 13.2. The Kier molecular flexibility index (Phi) is 7.69. The summed E-state index contributed by atoms with van der Waals surface area (Å²) in [5, 5.41) is 8.51. The molecule has 2 aliphatic heterocycles. The lowest BCUT2D eigenvalue weighted by Gasteiger charge is -2.15. The van der Waals surface area contributed by atoms with Crippen LogP contribution in [0.25, 0.3) is 0 Å². The summed E-state index contributed by atoms with van der Waals surface area (Å²) in [5.74, 6) is 0.417. The summed E-state index contributed by atoms with van der Waals surface area (Å²) in [6.45, 7) is 4.65. The van der Waals surface area contributed by atoms with Gasteiger partial charge in [0.25, 0.3) is 22.3 Å². The van der Waals surface area contributed by atoms with Crippen molar-refractivity contribution in [2.45, 2.75) is 36.5 Å². The van der Waals surface area contributed by atoms with Crippen LogP contribution < -0.4 is 0 Å². The largest absolute Gasteiger partial charge is 0.288 e. The fourth-order valence-electron chi connectivity index (χ4n) is 3.72. The molecule has 4 rings (SSSR count). The van der Waals surface area contributed by atoms with Gasteiger partial charge in [0.2, 0.25) is 0 Å². The number of imide groups is 2. The van der Waals surface area contributed by atoms with Crippen LogP contribution in [0.15, 0.2) is 9.79 Å². The molecule has 4 amide bonds. The SMILES string of the molecule is CCc1nn(C)c(C(=O)N2CCSC2=O)c1SSc1c(CC)nn(C)c1C(=O)N1CCSC1=O. The number of carbonyl (C=O) groups is 4. The van der Waals surface area contributed by atoms with Crippen LogP contribution in [0.3, 0.4) is 0 Å². The molecule has 2 aromatic rings. The van der Waals surface area contributed by atoms with Crippen LogP contribution >= 0.6 is 45.1 Å². The van der Waals surface area contributed by atoms with Crippen LogP contribution in [0, 0.1) is 0 Å². The third kappa shape index (κ3) is 4.52. The summed E-state index contributed by atoms with van der Waals surface area (Å²) in [7, 11) is 6.06. The van der Waals surface area contributed by atoms with E-state index in [9.17, 15) is 19.2 Å². The summed E-state index contributed by atoms with van der Waals surface area (Å²) >= 11 is 2.26. The number of hydrogen-bond acceptors (Lipinski definition) is 10. The Morgan fingerprint density at radius 3 is 1.47 bits per heavy atom. The van der Waals surface area contributed by atoms with Crippen LogP contribution in [0.4, 0.5) is 9.59 Å². The van der Waals surface area contributed by atoms with Gasteiger partial charge in [0.05, 0.1) is 21.2 Å². The van der Waals surface area contributed by atoms with Gasteiger partial charge in [0.15, 0.2) is 0 Å². The maximum atomic E-state index is 13.2. The molecule has 0 spiro atoms. The van der Waals surface area contributed by atoms with Crippen molar-refractivity contribution in [3.8, 4) is 0 Å². The molecule has 14 heteroatoms. The molecule has 2 aliphatic rings. The molecular weight excluding hydrogens is 517 g/mol. The molecule has 2 saturated heterocycles. The Balaban J connectivity index is 1.68. The molecule has 0 N–H and O–H groups in total. The minimum atomic E-state index is -0.370. The van der Waals surface area contributed by atoms with Crippen molar-refractivity contribution in [3.63, 3.8) is 0 Å². The fraction of sp³-hybridized carbons (Fsp3) is 0.500. The van der Waals surface area contributed by atoms with Gasteiger partial charge in [0.1, 0.15) is 11.4 Å². The molecule has 0 unspecified atom stereocenters. The van der Waals surface area contributed by atoms with Crippen molar-refractivity contribution in [1.29, 1.82) is 0 Å². The highest BCUT2D eigenvalue weighted by molar-refractivity contribution is 8.76. The first-order chi connectivity index (χ1) is 16.3. The van der Waals surface area contributed by atoms with Crippen LogP contribution in [0.2, 0.25) is 0 Å². The number of amides is 4. The molecule has 2 aromatic heterocycles. The number of hydrogen-bond donors (Lipinski definition) is 0. The second kappa shape index (κ2) is 10.4. The zero-order chi connectivity index (χ0) is 24.6. The smallest absolute Gasteiger partial charge is 0.267 e. The number of aromatic nitrogens is 4. The Bertz CT molecular complexity index is 1090. The van der Waals surface area contributed by atoms with Crippen molar-refractivity contribution in [1.82, 2.24) is 29.4 Å². The number of aryl methyl sites for hydroxylation is 4. The number of thioether (sulfide) groups is 2. The monoisotopic (exact) mass is 540 g/mol. The Labute approximate surface area is 213 Å². The number of carbonyl (C=O) groups excluding carboxylic acids is 4. The molecule has 0 saturated carbocycles. The highest BCUT2D eigenvalue weighted by atomic mass is 33.1. The topological polar surface area (TPSA) is 110 Å². The van der Waals surface area contributed by atoms with Gasteiger partial charge in [-0.2, -0.15) is 10.2 Å². The molecule has 0 aromatic carbocycles. The highest BCUT2D eigenvalue weighted by Crippen LogP contribution is 2.44. The molecule has 0 aliphatic carbocycles. The lowest BCUT2D eigenvalue weighted by molar-refractivity contribution is 0.0809. The van der Waals surface area contributed by atoms with E-state index in [1.807, 2.05) is 13.8 Å². The van der Waals surface area contributed by atoms with Crippen molar-refractivity contribution >= 4 is 67.4 Å². The van der Waals surface area contributed by atoms with E-state index < -0.39 is 0 Å². The molecular formula is C20H24N6O4S4. The first-order valence-electron chi connectivity index (χ1n) is 10.7. The second-order valence-corrected chi connectivity index (χ2v) is 11.8. The normalized spacial score (nSPS) is 16.2. The Hall–Kier alpha value is -1.90. The number of rotatable bonds is 7. The molecule has 4 heterocycles. The molecule has 10 nitrogen and oxygen atoms in total. The van der Waals surface area contributed by atoms with Gasteiger partial charge >= 0.3 is 0 Å². The van der Waals surface area contributed by atoms with E-state index in [-0.39, 0.29) is 22.3 Å². The predicted octanol–water partition coefficient (Wildman–Crippen LogP) is 3.70. The average Bonchev–Trinajstić information content (AvgIpc) is 3.57. The Morgan fingerprint density at radius 2 is 1.18 bits per heavy atom. The lowest BCUT2D eigenvalue weighted by atomic mass is 10.3. The van der Waals surface area contributed by atoms with Gasteiger partial charge in [-0.1, -0.05) is 37.4 Å². The van der Waals surface area contributed by atoms with E-state index in [1.165, 1.54) is 40.8 Å². The summed E-state index contributed by atoms with van der Waals surface area (Å²) in [5.41, 5.74) is 2.18. The third-order valence-electron chi connectivity index (χ3n) is 5.44. The van der Waals surface area contributed by atoms with E-state index in [0.29, 0.717) is 58.6 Å². The first kappa shape index (κ1) is 25.2. The van der Waals surface area contributed by atoms with Crippen molar-refractivity contribution in [2.24, 2.45) is 14.1 Å². The zero-order valence-electron chi connectivity index (χ0n) is 19.2. The zero-order valence-corrected chi connectivity index (χ0v) is 22.5. The summed E-state index contributed by atoms with van der Waals surface area (Å²) < 4.78 is 3.05. The van der Waals surface area contributed by atoms with Gasteiger partial charge < -0.3 is 0 Å². The average molecular weight is 541 g/mol. The fourth-order valence-corrected chi connectivity index (χ4v) is 8.16. The van der Waals surface area contributed by atoms with Crippen molar-refractivity contribution in [2.75, 3.05) is 24.6 Å². The molecule has 34 heavy (non-hydrogen) atoms. The van der Waals surface area contributed by atoms with Crippen LogP contribution in [0.1, 0.15) is 46.2 Å². The third-order valence-corrected chi connectivity index (χ3v) is 9.67. The van der Waals surface area contributed by atoms with Gasteiger partial charge in [0, 0.05) is 38.7 Å². The van der Waals surface area contributed by atoms with Gasteiger partial charge in [-0.25, -0.2) is 0 Å². The van der Waals surface area contributed by atoms with E-state index in [0.717, 1.165) is 34.9 Å². The molecule has 2 fully saturated rings. The predicted molar refractivity (Wildman–Crippen MR) is 135 cm³/mol. The Morgan fingerprint density at radius 1 is 0.794 bits per heavy atom. The molecule has 182 valence electrons. The number of nitrogens with zero attached hydrogens (tertiary/aromatic N) is 6. The van der Waals surface area contributed by atoms with Crippen molar-refractivity contribution in [3.05, 3.63) is 22.8 Å². The molecule has 0 bridgehead atoms. The minimum Gasteiger partial charge on any atom is -0.267 e. The summed E-state index contributed by atoms with van der Waals surface area (Å²) in [4.78, 5) is 54.7.